The van der Waals surface area contributed by atoms with E-state index in [0.29, 0.717) is 23.7 Å². The minimum atomic E-state index is -0.223. The molecule has 4 saturated carbocycles. The maximum Gasteiger partial charge on any atom is 0.302 e. The summed E-state index contributed by atoms with van der Waals surface area (Å²) >= 11 is 0. The number of carbonyl (C=O) groups is 1. The Bertz CT molecular complexity index is 742. The summed E-state index contributed by atoms with van der Waals surface area (Å²) in [6.45, 7) is 6.61. The van der Waals surface area contributed by atoms with E-state index in [-0.39, 0.29) is 35.8 Å². The third-order valence-electron chi connectivity index (χ3n) is 9.44. The third-order valence-corrected chi connectivity index (χ3v) is 9.44. The summed E-state index contributed by atoms with van der Waals surface area (Å²) in [6.07, 6.45) is 10.6. The quantitative estimate of drug-likeness (QED) is 0.367. The molecular formula is C25H37NO4. The molecule has 0 bridgehead atoms. The SMILES string of the molecule is COCO[C@H]1C[C@@H]2CC[C@@H]3[C@H](CC[C@]4(C)C(=CC#N)CC[C@@H]34)[C@@]2(C)C[C@@H]1OC(C)=O. The van der Waals surface area contributed by atoms with Crippen LogP contribution < -0.4 is 0 Å². The van der Waals surface area contributed by atoms with Crippen molar-refractivity contribution in [1.29, 1.82) is 5.26 Å². The van der Waals surface area contributed by atoms with E-state index in [4.69, 9.17) is 14.2 Å². The number of nitriles is 1. The van der Waals surface area contributed by atoms with Gasteiger partial charge in [-0.3, -0.25) is 4.79 Å². The van der Waals surface area contributed by atoms with Gasteiger partial charge in [-0.25, -0.2) is 0 Å². The van der Waals surface area contributed by atoms with Crippen LogP contribution in [0.2, 0.25) is 0 Å². The molecule has 0 saturated heterocycles. The van der Waals surface area contributed by atoms with E-state index in [9.17, 15) is 10.1 Å². The van der Waals surface area contributed by atoms with Crippen molar-refractivity contribution in [2.75, 3.05) is 13.9 Å². The van der Waals surface area contributed by atoms with E-state index < -0.39 is 0 Å². The van der Waals surface area contributed by atoms with Crippen molar-refractivity contribution in [2.45, 2.75) is 84.3 Å². The first-order chi connectivity index (χ1) is 14.3. The van der Waals surface area contributed by atoms with Crippen molar-refractivity contribution in [2.24, 2.45) is 34.5 Å². The molecule has 5 heteroatoms. The molecule has 0 amide bonds. The van der Waals surface area contributed by atoms with Crippen LogP contribution in [0.5, 0.6) is 0 Å². The zero-order valence-corrected chi connectivity index (χ0v) is 19.0. The summed E-state index contributed by atoms with van der Waals surface area (Å²) in [5.74, 6) is 2.44. The lowest BCUT2D eigenvalue weighted by Gasteiger charge is -2.61. The maximum absolute atomic E-state index is 11.8. The number of nitrogens with zero attached hydrogens (tertiary/aromatic N) is 1. The molecule has 0 radical (unpaired) electrons. The lowest BCUT2D eigenvalue weighted by molar-refractivity contribution is -0.202. The number of ether oxygens (including phenoxy) is 3. The van der Waals surface area contributed by atoms with Gasteiger partial charge >= 0.3 is 5.97 Å². The predicted octanol–water partition coefficient (Wildman–Crippen LogP) is 5.01. The molecule has 0 aromatic rings. The van der Waals surface area contributed by atoms with Crippen LogP contribution in [-0.4, -0.2) is 32.1 Å². The predicted molar refractivity (Wildman–Crippen MR) is 113 cm³/mol. The van der Waals surface area contributed by atoms with Gasteiger partial charge in [0.15, 0.2) is 0 Å². The number of carbonyl (C=O) groups excluding carboxylic acids is 1. The molecule has 0 spiro atoms. The molecule has 0 heterocycles. The van der Waals surface area contributed by atoms with Gasteiger partial charge in [0.25, 0.3) is 0 Å². The number of allylic oxidation sites excluding steroid dienone is 2. The van der Waals surface area contributed by atoms with Gasteiger partial charge in [0.2, 0.25) is 0 Å². The fraction of sp³-hybridized carbons (Fsp3) is 0.840. The van der Waals surface area contributed by atoms with E-state index in [0.717, 1.165) is 19.3 Å². The monoisotopic (exact) mass is 415 g/mol. The lowest BCUT2D eigenvalue weighted by Crippen LogP contribution is -2.57. The van der Waals surface area contributed by atoms with Crippen LogP contribution in [0.4, 0.5) is 0 Å². The standard InChI is InChI=1S/C25H37NO4/c1-16(27)30-23-14-25(3)18(13-22(23)29-15-28-4)5-7-19-20-8-6-17(10-12-26)24(20,2)11-9-21(19)25/h10,18-23H,5-9,11,13-15H2,1-4H3/t18-,19-,20-,21-,22-,23-,24+,25-/m0/s1. The van der Waals surface area contributed by atoms with Crippen LogP contribution in [0.3, 0.4) is 0 Å². The number of rotatable bonds is 4. The van der Waals surface area contributed by atoms with E-state index >= 15 is 0 Å². The first-order valence-electron chi connectivity index (χ1n) is 11.7. The Hall–Kier alpha value is -1.38. The molecule has 4 aliphatic rings. The van der Waals surface area contributed by atoms with Crippen molar-refractivity contribution < 1.29 is 19.0 Å². The normalized spacial score (nSPS) is 46.4. The minimum Gasteiger partial charge on any atom is -0.460 e. The molecule has 0 aliphatic heterocycles. The molecule has 4 fully saturated rings. The Balaban J connectivity index is 1.58. The first kappa shape index (κ1) is 21.8. The minimum absolute atomic E-state index is 0.0750. The van der Waals surface area contributed by atoms with Gasteiger partial charge in [-0.1, -0.05) is 19.4 Å². The summed E-state index contributed by atoms with van der Waals surface area (Å²) in [5, 5.41) is 9.26. The third kappa shape index (κ3) is 3.50. The molecule has 5 nitrogen and oxygen atoms in total. The Morgan fingerprint density at radius 3 is 2.70 bits per heavy atom. The van der Waals surface area contributed by atoms with Crippen molar-refractivity contribution >= 4 is 5.97 Å². The van der Waals surface area contributed by atoms with Crippen LogP contribution in [0.1, 0.15) is 72.1 Å². The highest BCUT2D eigenvalue weighted by molar-refractivity contribution is 5.66. The van der Waals surface area contributed by atoms with Crippen LogP contribution in [0, 0.1) is 45.8 Å². The van der Waals surface area contributed by atoms with Crippen molar-refractivity contribution in [3.8, 4) is 6.07 Å². The summed E-state index contributed by atoms with van der Waals surface area (Å²) < 4.78 is 16.9. The highest BCUT2D eigenvalue weighted by Crippen LogP contribution is 2.67. The number of esters is 1. The number of hydrogen-bond donors (Lipinski definition) is 0. The molecule has 4 rings (SSSR count). The fourth-order valence-corrected chi connectivity index (χ4v) is 8.06. The molecule has 30 heavy (non-hydrogen) atoms. The first-order valence-corrected chi connectivity index (χ1v) is 11.7. The summed E-state index contributed by atoms with van der Waals surface area (Å²) in [6, 6.07) is 2.30. The molecule has 0 aromatic carbocycles. The molecule has 0 N–H and O–H groups in total. The van der Waals surface area contributed by atoms with Crippen molar-refractivity contribution in [3.05, 3.63) is 11.6 Å². The number of fused-ring (bicyclic) bond motifs is 5. The van der Waals surface area contributed by atoms with Crippen LogP contribution in [-0.2, 0) is 19.0 Å². The van der Waals surface area contributed by atoms with Gasteiger partial charge in [-0.15, -0.1) is 0 Å². The van der Waals surface area contributed by atoms with Crippen molar-refractivity contribution in [3.63, 3.8) is 0 Å². The second kappa shape index (κ2) is 8.28. The van der Waals surface area contributed by atoms with Crippen LogP contribution in [0.25, 0.3) is 0 Å². The second-order valence-electron chi connectivity index (χ2n) is 10.6. The average Bonchev–Trinajstić information content (AvgIpc) is 3.02. The molecular weight excluding hydrogens is 378 g/mol. The van der Waals surface area contributed by atoms with Gasteiger partial charge < -0.3 is 14.2 Å². The topological polar surface area (TPSA) is 68.6 Å². The Morgan fingerprint density at radius 1 is 1.20 bits per heavy atom. The zero-order chi connectivity index (χ0) is 21.5. The van der Waals surface area contributed by atoms with E-state index in [1.54, 1.807) is 7.11 Å². The highest BCUT2D eigenvalue weighted by atomic mass is 16.7. The van der Waals surface area contributed by atoms with Gasteiger partial charge in [0, 0.05) is 20.1 Å². The van der Waals surface area contributed by atoms with Crippen LogP contribution in [0.15, 0.2) is 11.6 Å². The summed E-state index contributed by atoms with van der Waals surface area (Å²) in [4.78, 5) is 11.8. The Labute approximate surface area is 181 Å². The van der Waals surface area contributed by atoms with E-state index in [1.807, 2.05) is 6.08 Å². The largest absolute Gasteiger partial charge is 0.460 e. The maximum atomic E-state index is 11.8. The highest BCUT2D eigenvalue weighted by Gasteiger charge is 2.60. The summed E-state index contributed by atoms with van der Waals surface area (Å²) in [5.41, 5.74) is 1.77. The van der Waals surface area contributed by atoms with Crippen LogP contribution >= 0.6 is 0 Å². The van der Waals surface area contributed by atoms with Gasteiger partial charge in [-0.05, 0) is 85.9 Å². The Morgan fingerprint density at radius 2 is 2.00 bits per heavy atom. The average molecular weight is 416 g/mol. The second-order valence-corrected chi connectivity index (χ2v) is 10.6. The fourth-order valence-electron chi connectivity index (χ4n) is 8.06. The molecule has 4 aliphatic carbocycles. The van der Waals surface area contributed by atoms with Gasteiger partial charge in [0.1, 0.15) is 12.9 Å². The molecule has 166 valence electrons. The number of methoxy groups -OCH3 is 1. The molecule has 0 unspecified atom stereocenters. The van der Waals surface area contributed by atoms with E-state index in [1.165, 1.54) is 44.6 Å². The lowest BCUT2D eigenvalue weighted by atomic mass is 9.44. The smallest absolute Gasteiger partial charge is 0.302 e. The molecule has 0 aromatic heterocycles. The van der Waals surface area contributed by atoms with E-state index in [2.05, 4.69) is 19.9 Å². The molecule has 8 atom stereocenters. The summed E-state index contributed by atoms with van der Waals surface area (Å²) in [7, 11) is 1.63. The van der Waals surface area contributed by atoms with Gasteiger partial charge in [0.05, 0.1) is 12.2 Å². The van der Waals surface area contributed by atoms with Crippen molar-refractivity contribution in [1.82, 2.24) is 0 Å². The van der Waals surface area contributed by atoms with Gasteiger partial charge in [-0.2, -0.15) is 5.26 Å². The Kier molecular flexibility index (Phi) is 6.03. The number of hydrogen-bond acceptors (Lipinski definition) is 5. The zero-order valence-electron chi connectivity index (χ0n) is 19.0.